The summed E-state index contributed by atoms with van der Waals surface area (Å²) in [5.74, 6) is -1.50. The van der Waals surface area contributed by atoms with Gasteiger partial charge in [-0.25, -0.2) is 23.5 Å². The second kappa shape index (κ2) is 11.4. The van der Waals surface area contributed by atoms with E-state index in [2.05, 4.69) is 9.97 Å². The van der Waals surface area contributed by atoms with E-state index in [1.165, 1.54) is 24.3 Å². The molecule has 6 aromatic rings. The molecule has 8 nitrogen and oxygen atoms in total. The van der Waals surface area contributed by atoms with Crippen LogP contribution in [0.1, 0.15) is 33.7 Å². The van der Waals surface area contributed by atoms with Crippen LogP contribution in [0.4, 0.5) is 8.78 Å². The SMILES string of the molecule is O=C(O)c1ccc2nc(Cc3ccc(-c4nc(OCc5ccc(Cl)c6ccoc56)ccc4F)cc3F)n(C[C@@H]3CCO3)c2c1. The van der Waals surface area contributed by atoms with Crippen LogP contribution >= 0.6 is 11.6 Å². The summed E-state index contributed by atoms with van der Waals surface area (Å²) in [5.41, 5.74) is 3.26. The van der Waals surface area contributed by atoms with Crippen LogP contribution < -0.4 is 4.74 Å². The number of aromatic carboxylic acids is 1. The van der Waals surface area contributed by atoms with Crippen LogP contribution in [0.5, 0.6) is 5.88 Å². The molecular weight excluding hydrogens is 592 g/mol. The van der Waals surface area contributed by atoms with Gasteiger partial charge in [-0.1, -0.05) is 29.8 Å². The van der Waals surface area contributed by atoms with E-state index < -0.39 is 17.6 Å². The minimum absolute atomic E-state index is 0.0276. The Morgan fingerprint density at radius 2 is 1.86 bits per heavy atom. The molecule has 44 heavy (non-hydrogen) atoms. The highest BCUT2D eigenvalue weighted by atomic mass is 35.5. The third-order valence-electron chi connectivity index (χ3n) is 7.77. The van der Waals surface area contributed by atoms with Gasteiger partial charge in [-0.05, 0) is 54.4 Å². The molecular formula is C33H24ClF2N3O5. The molecule has 11 heteroatoms. The first-order chi connectivity index (χ1) is 21.3. The number of hydrogen-bond donors (Lipinski definition) is 1. The number of nitrogens with zero attached hydrogens (tertiary/aromatic N) is 3. The molecule has 4 heterocycles. The van der Waals surface area contributed by atoms with Crippen molar-refractivity contribution in [2.75, 3.05) is 6.61 Å². The van der Waals surface area contributed by atoms with Crippen LogP contribution in [0.2, 0.25) is 5.02 Å². The average Bonchev–Trinajstić information content (AvgIpc) is 3.62. The van der Waals surface area contributed by atoms with Crippen LogP contribution in [0.3, 0.4) is 0 Å². The molecule has 1 saturated heterocycles. The molecule has 1 aliphatic rings. The average molecular weight is 616 g/mol. The Bertz CT molecular complexity index is 2050. The van der Waals surface area contributed by atoms with Crippen LogP contribution in [0.15, 0.2) is 77.4 Å². The standard InChI is InChI=1S/C33H24ClF2N3O5/c34-24-5-3-21(32-23(24)10-12-43-32)17-44-30-8-6-25(35)31(38-30)19-2-1-18(26(36)13-19)15-29-37-27-7-4-20(33(40)41)14-28(27)39(29)16-22-9-11-42-22/h1-8,10,12-14,22H,9,11,15-17H2,(H,40,41)/t22-/m0/s1. The van der Waals surface area contributed by atoms with Gasteiger partial charge in [0.15, 0.2) is 0 Å². The van der Waals surface area contributed by atoms with Gasteiger partial charge in [-0.15, -0.1) is 0 Å². The van der Waals surface area contributed by atoms with Gasteiger partial charge >= 0.3 is 5.97 Å². The van der Waals surface area contributed by atoms with Crippen molar-refractivity contribution in [3.05, 3.63) is 112 Å². The van der Waals surface area contributed by atoms with Gasteiger partial charge in [0.25, 0.3) is 0 Å². The summed E-state index contributed by atoms with van der Waals surface area (Å²) in [4.78, 5) is 20.6. The van der Waals surface area contributed by atoms with Crippen LogP contribution in [0.25, 0.3) is 33.3 Å². The molecule has 0 saturated carbocycles. The Hall–Kier alpha value is -4.80. The molecule has 1 atom stereocenters. The number of imidazole rings is 1. The zero-order valence-electron chi connectivity index (χ0n) is 23.1. The van der Waals surface area contributed by atoms with Crippen molar-refractivity contribution >= 4 is 39.6 Å². The molecule has 0 bridgehead atoms. The number of aromatic nitrogens is 3. The summed E-state index contributed by atoms with van der Waals surface area (Å²) < 4.78 is 49.3. The van der Waals surface area contributed by atoms with E-state index in [1.54, 1.807) is 48.7 Å². The molecule has 3 aromatic heterocycles. The second-order valence-electron chi connectivity index (χ2n) is 10.6. The number of ether oxygens (including phenoxy) is 2. The number of carboxylic acids is 1. The van der Waals surface area contributed by atoms with E-state index in [1.807, 2.05) is 4.57 Å². The van der Waals surface area contributed by atoms with Crippen molar-refractivity contribution in [1.29, 1.82) is 0 Å². The first kappa shape index (κ1) is 28.0. The maximum absolute atomic E-state index is 15.5. The number of fused-ring (bicyclic) bond motifs is 2. The van der Waals surface area contributed by atoms with Crippen molar-refractivity contribution in [2.24, 2.45) is 0 Å². The summed E-state index contributed by atoms with van der Waals surface area (Å²) >= 11 is 6.22. The molecule has 0 radical (unpaired) electrons. The Kier molecular flexibility index (Phi) is 7.23. The van der Waals surface area contributed by atoms with E-state index in [-0.39, 0.29) is 41.8 Å². The Morgan fingerprint density at radius 3 is 2.64 bits per heavy atom. The fraction of sp³-hybridized carbons (Fsp3) is 0.182. The molecule has 1 N–H and O–H groups in total. The highest BCUT2D eigenvalue weighted by Crippen LogP contribution is 2.30. The predicted octanol–water partition coefficient (Wildman–Crippen LogP) is 7.43. The minimum Gasteiger partial charge on any atom is -0.478 e. The molecule has 7 rings (SSSR count). The van der Waals surface area contributed by atoms with Crippen molar-refractivity contribution in [3.8, 4) is 17.1 Å². The molecule has 0 amide bonds. The summed E-state index contributed by atoms with van der Waals surface area (Å²) in [5, 5.41) is 10.8. The van der Waals surface area contributed by atoms with E-state index >= 15 is 4.39 Å². The number of halogens is 3. The lowest BCUT2D eigenvalue weighted by Crippen LogP contribution is -2.31. The van der Waals surface area contributed by atoms with Gasteiger partial charge < -0.3 is 23.6 Å². The number of carboxylic acid groups (broad SMARTS) is 1. The highest BCUT2D eigenvalue weighted by Gasteiger charge is 2.23. The number of carbonyl (C=O) groups is 1. The zero-order chi connectivity index (χ0) is 30.4. The van der Waals surface area contributed by atoms with Crippen molar-refractivity contribution < 1.29 is 32.6 Å². The molecule has 1 aliphatic heterocycles. The molecule has 0 aliphatic carbocycles. The van der Waals surface area contributed by atoms with Crippen LogP contribution in [0, 0.1) is 11.6 Å². The Balaban J connectivity index is 1.15. The van der Waals surface area contributed by atoms with Gasteiger partial charge in [0.2, 0.25) is 5.88 Å². The van der Waals surface area contributed by atoms with Crippen molar-refractivity contribution in [1.82, 2.24) is 14.5 Å². The summed E-state index contributed by atoms with van der Waals surface area (Å²) in [6, 6.07) is 17.1. The lowest BCUT2D eigenvalue weighted by molar-refractivity contribution is -0.0589. The molecule has 1 fully saturated rings. The summed E-state index contributed by atoms with van der Waals surface area (Å²) in [6.07, 6.45) is 2.52. The Morgan fingerprint density at radius 1 is 1.02 bits per heavy atom. The smallest absolute Gasteiger partial charge is 0.335 e. The van der Waals surface area contributed by atoms with E-state index in [0.29, 0.717) is 46.2 Å². The van der Waals surface area contributed by atoms with Gasteiger partial charge in [-0.2, -0.15) is 0 Å². The summed E-state index contributed by atoms with van der Waals surface area (Å²) in [7, 11) is 0. The highest BCUT2D eigenvalue weighted by molar-refractivity contribution is 6.35. The fourth-order valence-electron chi connectivity index (χ4n) is 5.34. The molecule has 222 valence electrons. The van der Waals surface area contributed by atoms with Crippen LogP contribution in [-0.4, -0.2) is 38.3 Å². The Labute approximate surface area is 254 Å². The quantitative estimate of drug-likeness (QED) is 0.180. The monoisotopic (exact) mass is 615 g/mol. The zero-order valence-corrected chi connectivity index (χ0v) is 23.9. The van der Waals surface area contributed by atoms with E-state index in [9.17, 15) is 14.3 Å². The molecule has 0 spiro atoms. The van der Waals surface area contributed by atoms with Gasteiger partial charge in [0, 0.05) is 35.6 Å². The largest absolute Gasteiger partial charge is 0.478 e. The van der Waals surface area contributed by atoms with Crippen molar-refractivity contribution in [3.63, 3.8) is 0 Å². The second-order valence-corrected chi connectivity index (χ2v) is 11.0. The first-order valence-corrected chi connectivity index (χ1v) is 14.3. The third kappa shape index (κ3) is 5.27. The summed E-state index contributed by atoms with van der Waals surface area (Å²) in [6.45, 7) is 1.24. The topological polar surface area (TPSA) is 99.6 Å². The van der Waals surface area contributed by atoms with Crippen molar-refractivity contribution in [2.45, 2.75) is 32.1 Å². The third-order valence-corrected chi connectivity index (χ3v) is 8.10. The number of benzene rings is 3. The van der Waals surface area contributed by atoms with Gasteiger partial charge in [-0.3, -0.25) is 0 Å². The number of hydrogen-bond acceptors (Lipinski definition) is 6. The van der Waals surface area contributed by atoms with Gasteiger partial charge in [0.1, 0.15) is 35.3 Å². The molecule has 0 unspecified atom stereocenters. The number of furan rings is 1. The number of pyridine rings is 1. The lowest BCUT2D eigenvalue weighted by Gasteiger charge is -2.27. The first-order valence-electron chi connectivity index (χ1n) is 13.9. The predicted molar refractivity (Wildman–Crippen MR) is 159 cm³/mol. The number of rotatable bonds is 9. The fourth-order valence-corrected chi connectivity index (χ4v) is 5.55. The van der Waals surface area contributed by atoms with E-state index in [4.69, 9.17) is 25.5 Å². The van der Waals surface area contributed by atoms with E-state index in [0.717, 1.165) is 17.4 Å². The maximum atomic E-state index is 15.5. The lowest BCUT2D eigenvalue weighted by atomic mass is 10.0. The maximum Gasteiger partial charge on any atom is 0.335 e. The normalized spacial score (nSPS) is 14.7. The van der Waals surface area contributed by atoms with Gasteiger partial charge in [0.05, 0.1) is 40.5 Å². The minimum atomic E-state index is -1.04. The molecule has 3 aromatic carbocycles. The van der Waals surface area contributed by atoms with Crippen LogP contribution in [-0.2, 0) is 24.3 Å².